The summed E-state index contributed by atoms with van der Waals surface area (Å²) in [6.45, 7) is 4.30. The number of nitrogens with two attached hydrogens (primary N) is 1. The number of rotatable bonds is 5. The average molecular weight is 353 g/mol. The van der Waals surface area contributed by atoms with Gasteiger partial charge in [-0.1, -0.05) is 67.9 Å². The number of amides is 1. The van der Waals surface area contributed by atoms with E-state index in [1.165, 1.54) is 0 Å². The molecule has 0 saturated heterocycles. The van der Waals surface area contributed by atoms with E-state index in [0.29, 0.717) is 5.69 Å². The second-order valence-corrected chi connectivity index (χ2v) is 6.94. The Balaban J connectivity index is 1.97. The van der Waals surface area contributed by atoms with Crippen molar-refractivity contribution >= 4 is 28.3 Å². The van der Waals surface area contributed by atoms with Crippen LogP contribution in [0.2, 0.25) is 5.02 Å². The van der Waals surface area contributed by atoms with E-state index in [1.807, 2.05) is 42.5 Å². The number of nitrogens with zero attached hydrogens (tertiary/aromatic N) is 1. The van der Waals surface area contributed by atoms with Crippen LogP contribution in [0, 0.1) is 0 Å². The number of aromatic nitrogens is 1. The van der Waals surface area contributed by atoms with Gasteiger partial charge in [-0.2, -0.15) is 0 Å². The predicted octanol–water partition coefficient (Wildman–Crippen LogP) is 5.28. The Kier molecular flexibility index (Phi) is 5.05. The van der Waals surface area contributed by atoms with Crippen LogP contribution in [-0.2, 0) is 0 Å². The number of carbonyl (C=O) groups is 1. The molecule has 0 aliphatic rings. The Morgan fingerprint density at radius 2 is 1.76 bits per heavy atom. The molecule has 1 aromatic heterocycles. The first-order chi connectivity index (χ1) is 12.0. The van der Waals surface area contributed by atoms with Crippen LogP contribution in [0.1, 0.15) is 53.8 Å². The van der Waals surface area contributed by atoms with Crippen LogP contribution >= 0.6 is 11.6 Å². The van der Waals surface area contributed by atoms with E-state index >= 15 is 0 Å². The minimum Gasteiger partial charge on any atom is -0.364 e. The highest BCUT2D eigenvalue weighted by molar-refractivity contribution is 6.31. The molecule has 2 N–H and O–H groups in total. The highest BCUT2D eigenvalue weighted by Gasteiger charge is 2.19. The topological polar surface area (TPSA) is 56.0 Å². The molecule has 0 saturated carbocycles. The fourth-order valence-corrected chi connectivity index (χ4v) is 3.69. The molecule has 1 heterocycles. The number of hydrogen-bond donors (Lipinski definition) is 1. The number of pyridine rings is 1. The van der Waals surface area contributed by atoms with Crippen molar-refractivity contribution in [3.05, 3.63) is 76.6 Å². The maximum Gasteiger partial charge on any atom is 0.267 e. The fourth-order valence-electron chi connectivity index (χ4n) is 3.37. The first-order valence-electron chi connectivity index (χ1n) is 8.41. The Labute approximate surface area is 152 Å². The highest BCUT2D eigenvalue weighted by Crippen LogP contribution is 2.34. The Hall–Kier alpha value is -2.39. The van der Waals surface area contributed by atoms with E-state index in [2.05, 4.69) is 24.9 Å². The summed E-state index contributed by atoms with van der Waals surface area (Å²) in [5.41, 5.74) is 7.82. The van der Waals surface area contributed by atoms with Gasteiger partial charge in [0.1, 0.15) is 5.69 Å². The monoisotopic (exact) mass is 352 g/mol. The molecule has 0 spiro atoms. The molecule has 0 aliphatic carbocycles. The lowest BCUT2D eigenvalue weighted by molar-refractivity contribution is 0.0995. The van der Waals surface area contributed by atoms with Crippen LogP contribution in [0.25, 0.3) is 10.8 Å². The van der Waals surface area contributed by atoms with Gasteiger partial charge in [-0.25, -0.2) is 4.98 Å². The molecule has 0 bridgehead atoms. The van der Waals surface area contributed by atoms with E-state index in [0.717, 1.165) is 33.5 Å². The Morgan fingerprint density at radius 1 is 1.08 bits per heavy atom. The van der Waals surface area contributed by atoms with E-state index in [1.54, 1.807) is 6.07 Å². The van der Waals surface area contributed by atoms with Crippen molar-refractivity contribution in [3.63, 3.8) is 0 Å². The van der Waals surface area contributed by atoms with Crippen LogP contribution in [-0.4, -0.2) is 10.9 Å². The van der Waals surface area contributed by atoms with Crippen LogP contribution in [0.3, 0.4) is 0 Å². The van der Waals surface area contributed by atoms with E-state index in [-0.39, 0.29) is 11.8 Å². The summed E-state index contributed by atoms with van der Waals surface area (Å²) in [5, 5.41) is 2.83. The molecule has 3 rings (SSSR count). The smallest absolute Gasteiger partial charge is 0.267 e. The highest BCUT2D eigenvalue weighted by atomic mass is 35.5. The lowest BCUT2D eigenvalue weighted by Gasteiger charge is -2.20. The van der Waals surface area contributed by atoms with Crippen molar-refractivity contribution in [1.82, 2.24) is 4.98 Å². The van der Waals surface area contributed by atoms with Gasteiger partial charge in [0.2, 0.25) is 0 Å². The van der Waals surface area contributed by atoms with Gasteiger partial charge in [-0.05, 0) is 41.3 Å². The summed E-state index contributed by atoms with van der Waals surface area (Å²) < 4.78 is 0. The maximum atomic E-state index is 11.7. The van der Waals surface area contributed by atoms with Crippen molar-refractivity contribution < 1.29 is 4.79 Å². The molecule has 3 aromatic rings. The number of hydrogen-bond acceptors (Lipinski definition) is 2. The van der Waals surface area contributed by atoms with Crippen molar-refractivity contribution in [1.29, 1.82) is 0 Å². The molecular weight excluding hydrogens is 332 g/mol. The van der Waals surface area contributed by atoms with Gasteiger partial charge in [0.05, 0.1) is 5.69 Å². The lowest BCUT2D eigenvalue weighted by Crippen LogP contribution is -2.15. The first-order valence-corrected chi connectivity index (χ1v) is 8.79. The van der Waals surface area contributed by atoms with Gasteiger partial charge >= 0.3 is 0 Å². The number of halogens is 1. The van der Waals surface area contributed by atoms with Crippen molar-refractivity contribution in [3.8, 4) is 0 Å². The summed E-state index contributed by atoms with van der Waals surface area (Å²) in [4.78, 5) is 16.2. The quantitative estimate of drug-likeness (QED) is 0.678. The average Bonchev–Trinajstić information content (AvgIpc) is 2.60. The standard InChI is InChI=1S/C21H21ClN2O/c1-13(16-8-5-6-10-18(16)22)11-14(2)20-17-9-4-3-7-15(17)12-19(24-20)21(23)25/h3-10,12-14H,11H2,1-2H3,(H2,23,25). The molecule has 2 atom stereocenters. The van der Waals surface area contributed by atoms with E-state index in [4.69, 9.17) is 17.3 Å². The third-order valence-corrected chi connectivity index (χ3v) is 4.98. The molecule has 1 amide bonds. The third kappa shape index (κ3) is 3.67. The SMILES string of the molecule is CC(CC(C)c1nc(C(N)=O)cc2ccccc12)c1ccccc1Cl. The fraction of sp³-hybridized carbons (Fsp3) is 0.238. The molecule has 4 heteroatoms. The van der Waals surface area contributed by atoms with E-state index in [9.17, 15) is 4.79 Å². The molecule has 25 heavy (non-hydrogen) atoms. The van der Waals surface area contributed by atoms with Gasteiger partial charge in [0.25, 0.3) is 5.91 Å². The molecule has 3 nitrogen and oxygen atoms in total. The van der Waals surface area contributed by atoms with Crippen molar-refractivity contribution in [2.45, 2.75) is 32.1 Å². The predicted molar refractivity (Wildman–Crippen MR) is 103 cm³/mol. The Morgan fingerprint density at radius 3 is 2.48 bits per heavy atom. The molecule has 2 unspecified atom stereocenters. The summed E-state index contributed by atoms with van der Waals surface area (Å²) in [6, 6.07) is 17.6. The zero-order valence-corrected chi connectivity index (χ0v) is 15.1. The van der Waals surface area contributed by atoms with Gasteiger partial charge in [-0.15, -0.1) is 0 Å². The number of carbonyl (C=O) groups excluding carboxylic acids is 1. The second kappa shape index (κ2) is 7.24. The molecule has 0 fully saturated rings. The minimum absolute atomic E-state index is 0.162. The number of primary amides is 1. The van der Waals surface area contributed by atoms with Crippen LogP contribution in [0.4, 0.5) is 0 Å². The first kappa shape index (κ1) is 17.4. The maximum absolute atomic E-state index is 11.7. The van der Waals surface area contributed by atoms with E-state index < -0.39 is 5.91 Å². The van der Waals surface area contributed by atoms with Gasteiger partial charge in [-0.3, -0.25) is 4.79 Å². The lowest BCUT2D eigenvalue weighted by atomic mass is 9.87. The van der Waals surface area contributed by atoms with Crippen molar-refractivity contribution in [2.75, 3.05) is 0 Å². The molecule has 0 radical (unpaired) electrons. The zero-order valence-electron chi connectivity index (χ0n) is 14.4. The van der Waals surface area contributed by atoms with Crippen LogP contribution < -0.4 is 5.73 Å². The summed E-state index contributed by atoms with van der Waals surface area (Å²) in [5.74, 6) is -0.0599. The summed E-state index contributed by atoms with van der Waals surface area (Å²) in [6.07, 6.45) is 0.878. The molecular formula is C21H21ClN2O. The molecule has 128 valence electrons. The molecule has 2 aromatic carbocycles. The van der Waals surface area contributed by atoms with Gasteiger partial charge in [0.15, 0.2) is 0 Å². The third-order valence-electron chi connectivity index (χ3n) is 4.63. The van der Waals surface area contributed by atoms with Gasteiger partial charge < -0.3 is 5.73 Å². The van der Waals surface area contributed by atoms with Crippen LogP contribution in [0.5, 0.6) is 0 Å². The minimum atomic E-state index is -0.502. The van der Waals surface area contributed by atoms with Crippen molar-refractivity contribution in [2.24, 2.45) is 5.73 Å². The summed E-state index contributed by atoms with van der Waals surface area (Å²) >= 11 is 6.33. The molecule has 0 aliphatic heterocycles. The number of benzene rings is 2. The largest absolute Gasteiger partial charge is 0.364 e. The number of fused-ring (bicyclic) bond motifs is 1. The Bertz CT molecular complexity index is 923. The van der Waals surface area contributed by atoms with Crippen LogP contribution in [0.15, 0.2) is 54.6 Å². The summed E-state index contributed by atoms with van der Waals surface area (Å²) in [7, 11) is 0. The second-order valence-electron chi connectivity index (χ2n) is 6.54. The zero-order chi connectivity index (χ0) is 18.0. The normalized spacial score (nSPS) is 13.6. The van der Waals surface area contributed by atoms with Gasteiger partial charge in [0, 0.05) is 10.4 Å².